The molecule has 0 spiro atoms. The first-order chi connectivity index (χ1) is 7.60. The van der Waals surface area contributed by atoms with Gasteiger partial charge in [-0.2, -0.15) is 11.8 Å². The van der Waals surface area contributed by atoms with Gasteiger partial charge >= 0.3 is 0 Å². The standard InChI is InChI=1S/C13H26N2S/c1-12(2)7-8-16-10-13(12,9-14)15-11-5-3-4-6-11/h11,15H,3-10,14H2,1-2H3. The van der Waals surface area contributed by atoms with Crippen molar-refractivity contribution < 1.29 is 0 Å². The molecule has 1 aliphatic heterocycles. The van der Waals surface area contributed by atoms with Crippen LogP contribution in [0.2, 0.25) is 0 Å². The number of hydrogen-bond donors (Lipinski definition) is 2. The summed E-state index contributed by atoms with van der Waals surface area (Å²) in [7, 11) is 0. The van der Waals surface area contributed by atoms with Crippen molar-refractivity contribution >= 4 is 11.8 Å². The Hall–Kier alpha value is 0.270. The highest BCUT2D eigenvalue weighted by Gasteiger charge is 2.46. The molecule has 3 N–H and O–H groups in total. The molecule has 0 aromatic heterocycles. The fourth-order valence-corrected chi connectivity index (χ4v) is 4.84. The average Bonchev–Trinajstić information content (AvgIpc) is 2.74. The van der Waals surface area contributed by atoms with Gasteiger partial charge in [-0.25, -0.2) is 0 Å². The fourth-order valence-electron chi connectivity index (χ4n) is 3.10. The van der Waals surface area contributed by atoms with Crippen molar-refractivity contribution in [2.24, 2.45) is 11.1 Å². The molecule has 3 heteroatoms. The molecule has 2 nitrogen and oxygen atoms in total. The SMILES string of the molecule is CC1(C)CCSCC1(CN)NC1CCCC1. The van der Waals surface area contributed by atoms with Gasteiger partial charge in [0.05, 0.1) is 0 Å². The molecule has 2 rings (SSSR count). The summed E-state index contributed by atoms with van der Waals surface area (Å²) in [4.78, 5) is 0. The van der Waals surface area contributed by atoms with E-state index in [9.17, 15) is 0 Å². The molecule has 1 atom stereocenters. The second kappa shape index (κ2) is 4.87. The molecule has 1 saturated heterocycles. The van der Waals surface area contributed by atoms with Crippen LogP contribution in [-0.2, 0) is 0 Å². The van der Waals surface area contributed by atoms with Crippen molar-refractivity contribution in [3.8, 4) is 0 Å². The summed E-state index contributed by atoms with van der Waals surface area (Å²) in [6, 6.07) is 0.724. The van der Waals surface area contributed by atoms with Gasteiger partial charge in [0.25, 0.3) is 0 Å². The minimum atomic E-state index is 0.172. The minimum Gasteiger partial charge on any atom is -0.329 e. The Morgan fingerprint density at radius 2 is 2.00 bits per heavy atom. The van der Waals surface area contributed by atoms with Gasteiger partial charge in [0, 0.05) is 23.9 Å². The monoisotopic (exact) mass is 242 g/mol. The van der Waals surface area contributed by atoms with Crippen LogP contribution in [0.25, 0.3) is 0 Å². The van der Waals surface area contributed by atoms with Crippen LogP contribution in [0.3, 0.4) is 0 Å². The van der Waals surface area contributed by atoms with Gasteiger partial charge < -0.3 is 11.1 Å². The van der Waals surface area contributed by atoms with Crippen molar-refractivity contribution in [2.45, 2.75) is 57.5 Å². The molecule has 1 unspecified atom stereocenters. The van der Waals surface area contributed by atoms with Gasteiger partial charge in [-0.1, -0.05) is 26.7 Å². The summed E-state index contributed by atoms with van der Waals surface area (Å²) >= 11 is 2.07. The Morgan fingerprint density at radius 3 is 2.56 bits per heavy atom. The van der Waals surface area contributed by atoms with E-state index in [0.29, 0.717) is 5.41 Å². The maximum Gasteiger partial charge on any atom is 0.0449 e. The molecule has 2 fully saturated rings. The van der Waals surface area contributed by atoms with E-state index in [2.05, 4.69) is 30.9 Å². The summed E-state index contributed by atoms with van der Waals surface area (Å²) in [5.74, 6) is 2.48. The Morgan fingerprint density at radius 1 is 1.31 bits per heavy atom. The van der Waals surface area contributed by atoms with Gasteiger partial charge in [-0.05, 0) is 30.4 Å². The number of rotatable bonds is 3. The summed E-state index contributed by atoms with van der Waals surface area (Å²) in [5, 5.41) is 3.93. The van der Waals surface area contributed by atoms with Crippen LogP contribution in [0.15, 0.2) is 0 Å². The second-order valence-corrected chi connectivity index (χ2v) is 7.20. The van der Waals surface area contributed by atoms with E-state index in [0.717, 1.165) is 12.6 Å². The van der Waals surface area contributed by atoms with Crippen molar-refractivity contribution in [3.05, 3.63) is 0 Å². The minimum absolute atomic E-state index is 0.172. The molecule has 1 heterocycles. The summed E-state index contributed by atoms with van der Waals surface area (Å²) in [6.45, 7) is 5.56. The number of nitrogens with one attached hydrogen (secondary N) is 1. The highest BCUT2D eigenvalue weighted by molar-refractivity contribution is 7.99. The first-order valence-corrected chi connectivity index (χ1v) is 7.81. The summed E-state index contributed by atoms with van der Waals surface area (Å²) in [5.41, 5.74) is 6.63. The second-order valence-electron chi connectivity index (χ2n) is 6.10. The smallest absolute Gasteiger partial charge is 0.0449 e. The predicted octanol–water partition coefficient (Wildman–Crippen LogP) is 2.38. The van der Waals surface area contributed by atoms with Gasteiger partial charge in [0.15, 0.2) is 0 Å². The molecule has 0 bridgehead atoms. The van der Waals surface area contributed by atoms with Crippen LogP contribution in [0.4, 0.5) is 0 Å². The van der Waals surface area contributed by atoms with Crippen LogP contribution in [-0.4, -0.2) is 29.6 Å². The Balaban J connectivity index is 2.09. The predicted molar refractivity (Wildman–Crippen MR) is 72.9 cm³/mol. The zero-order chi connectivity index (χ0) is 11.6. The Bertz CT molecular complexity index is 236. The van der Waals surface area contributed by atoms with E-state index in [1.54, 1.807) is 0 Å². The van der Waals surface area contributed by atoms with Crippen molar-refractivity contribution in [3.63, 3.8) is 0 Å². The third kappa shape index (κ3) is 2.27. The average molecular weight is 242 g/mol. The zero-order valence-electron chi connectivity index (χ0n) is 10.7. The molecule has 0 aromatic carbocycles. The van der Waals surface area contributed by atoms with Crippen molar-refractivity contribution in [1.82, 2.24) is 5.32 Å². The molecule has 1 saturated carbocycles. The number of thioether (sulfide) groups is 1. The molecular weight excluding hydrogens is 216 g/mol. The largest absolute Gasteiger partial charge is 0.329 e. The number of hydrogen-bond acceptors (Lipinski definition) is 3. The van der Waals surface area contributed by atoms with E-state index in [4.69, 9.17) is 5.73 Å². The first kappa shape index (κ1) is 12.7. The summed E-state index contributed by atoms with van der Waals surface area (Å²) < 4.78 is 0. The van der Waals surface area contributed by atoms with Crippen LogP contribution < -0.4 is 11.1 Å². The van der Waals surface area contributed by atoms with Crippen LogP contribution in [0.1, 0.15) is 46.0 Å². The third-order valence-electron chi connectivity index (χ3n) is 4.70. The van der Waals surface area contributed by atoms with Gasteiger partial charge in [-0.15, -0.1) is 0 Å². The highest BCUT2D eigenvalue weighted by Crippen LogP contribution is 2.42. The van der Waals surface area contributed by atoms with Crippen LogP contribution in [0.5, 0.6) is 0 Å². The molecule has 94 valence electrons. The number of nitrogens with two attached hydrogens (primary N) is 1. The zero-order valence-corrected chi connectivity index (χ0v) is 11.5. The lowest BCUT2D eigenvalue weighted by molar-refractivity contribution is 0.122. The van der Waals surface area contributed by atoms with Gasteiger partial charge in [0.2, 0.25) is 0 Å². The molecule has 0 aromatic rings. The lowest BCUT2D eigenvalue weighted by Crippen LogP contribution is -2.66. The lowest BCUT2D eigenvalue weighted by atomic mass is 9.70. The highest BCUT2D eigenvalue weighted by atomic mass is 32.2. The fraction of sp³-hybridized carbons (Fsp3) is 1.00. The van der Waals surface area contributed by atoms with Crippen molar-refractivity contribution in [2.75, 3.05) is 18.1 Å². The third-order valence-corrected chi connectivity index (χ3v) is 5.89. The topological polar surface area (TPSA) is 38.0 Å². The van der Waals surface area contributed by atoms with E-state index < -0.39 is 0 Å². The van der Waals surface area contributed by atoms with E-state index >= 15 is 0 Å². The lowest BCUT2D eigenvalue weighted by Gasteiger charge is -2.51. The van der Waals surface area contributed by atoms with Gasteiger partial charge in [-0.3, -0.25) is 0 Å². The molecule has 16 heavy (non-hydrogen) atoms. The maximum atomic E-state index is 6.12. The van der Waals surface area contributed by atoms with Crippen molar-refractivity contribution in [1.29, 1.82) is 0 Å². The maximum absolute atomic E-state index is 6.12. The Labute approximate surface area is 104 Å². The quantitative estimate of drug-likeness (QED) is 0.798. The normalized spacial score (nSPS) is 35.4. The molecule has 0 amide bonds. The van der Waals surface area contributed by atoms with Crippen LogP contribution in [0, 0.1) is 5.41 Å². The molecule has 1 aliphatic carbocycles. The molecular formula is C13H26N2S. The van der Waals surface area contributed by atoms with E-state index in [1.807, 2.05) is 0 Å². The van der Waals surface area contributed by atoms with E-state index in [1.165, 1.54) is 43.6 Å². The van der Waals surface area contributed by atoms with E-state index in [-0.39, 0.29) is 5.54 Å². The van der Waals surface area contributed by atoms with Crippen LogP contribution >= 0.6 is 11.8 Å². The van der Waals surface area contributed by atoms with Gasteiger partial charge in [0.1, 0.15) is 0 Å². The summed E-state index contributed by atoms with van der Waals surface area (Å²) in [6.07, 6.45) is 6.78. The molecule has 0 radical (unpaired) electrons. The first-order valence-electron chi connectivity index (χ1n) is 6.65. The molecule has 2 aliphatic rings. The Kier molecular flexibility index (Phi) is 3.87.